The molecule has 6 nitrogen and oxygen atoms in total. The largest absolute Gasteiger partial charge is 0.550 e. The summed E-state index contributed by atoms with van der Waals surface area (Å²) in [6.45, 7) is 8.53. The molecule has 0 aromatic carbocycles. The number of rotatable bonds is 15. The Hall–Kier alpha value is -1.98. The number of carbonyl (C=O) groups excluding carboxylic acids is 2. The second-order valence-corrected chi connectivity index (χ2v) is 9.98. The third kappa shape index (κ3) is 8.51. The van der Waals surface area contributed by atoms with E-state index in [2.05, 4.69) is 13.2 Å². The van der Waals surface area contributed by atoms with Gasteiger partial charge in [-0.1, -0.05) is 38.8 Å². The number of aliphatic carboxylic acids is 2. The van der Waals surface area contributed by atoms with Crippen molar-refractivity contribution in [3.05, 3.63) is 25.7 Å². The molecule has 0 aromatic heterocycles. The highest BCUT2D eigenvalue weighted by Gasteiger charge is 2.38. The molecule has 32 heavy (non-hydrogen) atoms. The van der Waals surface area contributed by atoms with E-state index in [-0.39, 0.29) is 6.42 Å². The molecule has 0 spiro atoms. The van der Waals surface area contributed by atoms with Crippen molar-refractivity contribution in [2.24, 2.45) is 29.1 Å². The lowest BCUT2D eigenvalue weighted by atomic mass is 9.64. The maximum absolute atomic E-state index is 12.5. The van der Waals surface area contributed by atoms with E-state index in [1.165, 1.54) is 12.5 Å². The first-order chi connectivity index (χ1) is 15.4. The fourth-order valence-corrected chi connectivity index (χ4v) is 5.85. The van der Waals surface area contributed by atoms with Crippen LogP contribution >= 0.6 is 0 Å². The Kier molecular flexibility index (Phi) is 11.1. The highest BCUT2D eigenvalue weighted by molar-refractivity contribution is 5.72. The fourth-order valence-electron chi connectivity index (χ4n) is 5.85. The number of carbonyl (C=O) groups is 2. The lowest BCUT2D eigenvalue weighted by Gasteiger charge is -2.43. The molecule has 0 heterocycles. The predicted octanol–water partition coefficient (Wildman–Crippen LogP) is 3.36. The summed E-state index contributed by atoms with van der Waals surface area (Å²) in [5.74, 6) is -0.491. The van der Waals surface area contributed by atoms with Crippen molar-refractivity contribution in [1.29, 1.82) is 0 Å². The molecule has 0 bridgehead atoms. The van der Waals surface area contributed by atoms with E-state index in [0.29, 0.717) is 62.6 Å². The fraction of sp³-hybridized carbons (Fsp3) is 0.769. The normalized spacial score (nSPS) is 27.6. The molecule has 2 saturated carbocycles. The van der Waals surface area contributed by atoms with Crippen LogP contribution < -0.4 is 10.2 Å². The van der Waals surface area contributed by atoms with Gasteiger partial charge in [-0.3, -0.25) is 0 Å². The maximum Gasteiger partial charge on any atom is 0.0901 e. The van der Waals surface area contributed by atoms with Crippen LogP contribution in [-0.4, -0.2) is 25.2 Å². The highest BCUT2D eigenvalue weighted by atomic mass is 16.5. The molecule has 0 saturated heterocycles. The van der Waals surface area contributed by atoms with Crippen LogP contribution in [-0.2, 0) is 19.1 Å². The third-order valence-electron chi connectivity index (χ3n) is 7.66. The zero-order valence-electron chi connectivity index (χ0n) is 19.4. The topological polar surface area (TPSA) is 98.7 Å². The molecule has 0 atom stereocenters. The molecule has 0 aliphatic heterocycles. The smallest absolute Gasteiger partial charge is 0.0901 e. The Bertz CT molecular complexity index is 565. The van der Waals surface area contributed by atoms with Gasteiger partial charge in [0.05, 0.1) is 25.7 Å². The van der Waals surface area contributed by atoms with Crippen molar-refractivity contribution in [3.63, 3.8) is 0 Å². The zero-order valence-corrected chi connectivity index (χ0v) is 19.4. The number of hydrogen-bond acceptors (Lipinski definition) is 6. The number of ether oxygens (including phenoxy) is 2. The molecule has 0 radical (unpaired) electrons. The SMILES string of the molecule is C=COCC1CCC(CC(CCCC(=O)[O-])(CC2CCC(COC=C)CC2)C(=O)[O-])CC1. The second kappa shape index (κ2) is 13.5. The van der Waals surface area contributed by atoms with Gasteiger partial charge in [-0.2, -0.15) is 0 Å². The summed E-state index contributed by atoms with van der Waals surface area (Å²) in [6, 6.07) is 0. The first kappa shape index (κ1) is 26.3. The summed E-state index contributed by atoms with van der Waals surface area (Å²) >= 11 is 0. The second-order valence-electron chi connectivity index (χ2n) is 9.98. The summed E-state index contributed by atoms with van der Waals surface area (Å²) in [5, 5.41) is 23.5. The van der Waals surface area contributed by atoms with E-state index in [9.17, 15) is 19.8 Å². The Balaban J connectivity index is 2.00. The zero-order chi connectivity index (χ0) is 23.4. The average Bonchev–Trinajstić information content (AvgIpc) is 2.77. The lowest BCUT2D eigenvalue weighted by molar-refractivity contribution is -0.322. The molecular formula is C26H40O6-2. The molecule has 182 valence electrons. The van der Waals surface area contributed by atoms with Crippen LogP contribution in [0.4, 0.5) is 0 Å². The highest BCUT2D eigenvalue weighted by Crippen LogP contribution is 2.46. The molecular weight excluding hydrogens is 408 g/mol. The van der Waals surface area contributed by atoms with Gasteiger partial charge >= 0.3 is 0 Å². The number of carboxylic acids is 2. The summed E-state index contributed by atoms with van der Waals surface area (Å²) in [4.78, 5) is 23.5. The van der Waals surface area contributed by atoms with Gasteiger partial charge in [0, 0.05) is 17.4 Å². The van der Waals surface area contributed by atoms with Gasteiger partial charge in [0.15, 0.2) is 0 Å². The summed E-state index contributed by atoms with van der Waals surface area (Å²) in [7, 11) is 0. The predicted molar refractivity (Wildman–Crippen MR) is 119 cm³/mol. The lowest BCUT2D eigenvalue weighted by Crippen LogP contribution is -2.46. The average molecular weight is 449 g/mol. The molecule has 0 N–H and O–H groups in total. The van der Waals surface area contributed by atoms with Gasteiger partial charge in [-0.05, 0) is 81.5 Å². The van der Waals surface area contributed by atoms with E-state index in [4.69, 9.17) is 9.47 Å². The van der Waals surface area contributed by atoms with Gasteiger partial charge in [0.1, 0.15) is 0 Å². The van der Waals surface area contributed by atoms with E-state index < -0.39 is 17.4 Å². The minimum absolute atomic E-state index is 0.105. The van der Waals surface area contributed by atoms with Crippen LogP contribution in [0.25, 0.3) is 0 Å². The van der Waals surface area contributed by atoms with Crippen molar-refractivity contribution in [1.82, 2.24) is 0 Å². The molecule has 2 aliphatic carbocycles. The Morgan fingerprint density at radius 2 is 1.19 bits per heavy atom. The van der Waals surface area contributed by atoms with Gasteiger partial charge in [-0.25, -0.2) is 0 Å². The molecule has 6 heteroatoms. The van der Waals surface area contributed by atoms with Crippen LogP contribution in [0.3, 0.4) is 0 Å². The van der Waals surface area contributed by atoms with Crippen LogP contribution in [0.5, 0.6) is 0 Å². The molecule has 2 aliphatic rings. The first-order valence-electron chi connectivity index (χ1n) is 12.2. The van der Waals surface area contributed by atoms with E-state index in [1.54, 1.807) is 0 Å². The van der Waals surface area contributed by atoms with Crippen molar-refractivity contribution in [2.45, 2.75) is 83.5 Å². The molecule has 0 amide bonds. The molecule has 2 rings (SSSR count). The number of carboxylic acid groups (broad SMARTS) is 2. The Labute approximate surface area is 193 Å². The van der Waals surface area contributed by atoms with Crippen molar-refractivity contribution in [3.8, 4) is 0 Å². The van der Waals surface area contributed by atoms with Gasteiger partial charge in [0.25, 0.3) is 0 Å². The van der Waals surface area contributed by atoms with Crippen molar-refractivity contribution < 1.29 is 29.3 Å². The maximum atomic E-state index is 12.5. The summed E-state index contributed by atoms with van der Waals surface area (Å²) in [5.41, 5.74) is -0.959. The monoisotopic (exact) mass is 448 g/mol. The Morgan fingerprint density at radius 3 is 1.53 bits per heavy atom. The Morgan fingerprint density at radius 1 is 0.781 bits per heavy atom. The quantitative estimate of drug-likeness (QED) is 0.356. The first-order valence-corrected chi connectivity index (χ1v) is 12.2. The standard InChI is InChI=1S/C26H42O6/c1-3-31-18-22-11-7-20(8-12-22)16-26(25(29)30,15-5-6-24(27)28)17-21-9-13-23(14-10-21)19-32-4-2/h3-4,20-23H,1-2,5-19H2,(H,27,28)(H,29,30)/p-2. The van der Waals surface area contributed by atoms with Crippen molar-refractivity contribution >= 4 is 11.9 Å². The van der Waals surface area contributed by atoms with Gasteiger partial charge in [-0.15, -0.1) is 0 Å². The van der Waals surface area contributed by atoms with Gasteiger partial charge in [0.2, 0.25) is 0 Å². The number of hydrogen-bond donors (Lipinski definition) is 0. The minimum Gasteiger partial charge on any atom is -0.550 e. The van der Waals surface area contributed by atoms with Crippen LogP contribution in [0.2, 0.25) is 0 Å². The molecule has 0 aromatic rings. The van der Waals surface area contributed by atoms with E-state index in [1.807, 2.05) is 0 Å². The third-order valence-corrected chi connectivity index (χ3v) is 7.66. The van der Waals surface area contributed by atoms with Crippen LogP contribution in [0.1, 0.15) is 83.5 Å². The van der Waals surface area contributed by atoms with E-state index in [0.717, 1.165) is 51.4 Å². The van der Waals surface area contributed by atoms with Crippen molar-refractivity contribution in [2.75, 3.05) is 13.2 Å². The molecule has 2 fully saturated rings. The van der Waals surface area contributed by atoms with Crippen LogP contribution in [0.15, 0.2) is 25.7 Å². The minimum atomic E-state index is -1.12. The van der Waals surface area contributed by atoms with Gasteiger partial charge < -0.3 is 29.3 Å². The van der Waals surface area contributed by atoms with Crippen LogP contribution in [0, 0.1) is 29.1 Å². The molecule has 0 unspecified atom stereocenters. The van der Waals surface area contributed by atoms with E-state index >= 15 is 0 Å². The summed E-state index contributed by atoms with van der Waals surface area (Å²) < 4.78 is 10.7. The summed E-state index contributed by atoms with van der Waals surface area (Å²) in [6.07, 6.45) is 12.7.